The lowest BCUT2D eigenvalue weighted by Gasteiger charge is -2.24. The molecule has 0 saturated carbocycles. The van der Waals surface area contributed by atoms with E-state index >= 15 is 0 Å². The van der Waals surface area contributed by atoms with Gasteiger partial charge in [0.1, 0.15) is 12.1 Å². The third-order valence-corrected chi connectivity index (χ3v) is 4.93. The number of rotatable bonds is 13. The number of aliphatic hydroxyl groups excluding tert-OH is 1. The van der Waals surface area contributed by atoms with Gasteiger partial charge in [-0.1, -0.05) is 46.5 Å². The molecule has 1 rings (SSSR count). The summed E-state index contributed by atoms with van der Waals surface area (Å²) >= 11 is 0. The lowest BCUT2D eigenvalue weighted by Crippen LogP contribution is -2.40. The average Bonchev–Trinajstić information content (AvgIpc) is 2.90. The summed E-state index contributed by atoms with van der Waals surface area (Å²) in [5, 5.41) is 12.4. The maximum atomic E-state index is 12.3. The minimum atomic E-state index is -0.718. The zero-order chi connectivity index (χ0) is 19.5. The van der Waals surface area contributed by atoms with Crippen molar-refractivity contribution in [3.05, 3.63) is 0 Å². The Labute approximate surface area is 158 Å². The number of esters is 1. The number of carbonyl (C=O) groups excluding carboxylic acids is 2. The minimum Gasteiger partial charge on any atom is -0.461 e. The van der Waals surface area contributed by atoms with Crippen LogP contribution in [0.3, 0.4) is 0 Å². The number of ether oxygens (including phenoxy) is 2. The van der Waals surface area contributed by atoms with Crippen LogP contribution >= 0.6 is 0 Å². The lowest BCUT2D eigenvalue weighted by molar-refractivity contribution is -0.155. The van der Waals surface area contributed by atoms with Gasteiger partial charge in [0.25, 0.3) is 0 Å². The van der Waals surface area contributed by atoms with Gasteiger partial charge in [-0.05, 0) is 31.6 Å². The Kier molecular flexibility index (Phi) is 10.8. The largest absolute Gasteiger partial charge is 0.461 e. The lowest BCUT2D eigenvalue weighted by atomic mass is 9.91. The molecule has 1 heterocycles. The van der Waals surface area contributed by atoms with E-state index in [2.05, 4.69) is 12.2 Å². The SMILES string of the molecule is CCCCCC[C@@H]1C[C@H](O)OC1CC(C)OC(=O)C(CC(C)C)NC=O. The molecule has 0 bridgehead atoms. The van der Waals surface area contributed by atoms with Crippen LogP contribution in [0.25, 0.3) is 0 Å². The molecular formula is C20H37NO5. The molecule has 152 valence electrons. The summed E-state index contributed by atoms with van der Waals surface area (Å²) in [5.74, 6) is 0.176. The Morgan fingerprint density at radius 3 is 2.65 bits per heavy atom. The molecule has 6 nitrogen and oxygen atoms in total. The number of nitrogens with one attached hydrogen (secondary N) is 1. The van der Waals surface area contributed by atoms with Gasteiger partial charge >= 0.3 is 5.97 Å². The molecular weight excluding hydrogens is 334 g/mol. The van der Waals surface area contributed by atoms with Crippen molar-refractivity contribution in [1.82, 2.24) is 5.32 Å². The Hall–Kier alpha value is -1.14. The highest BCUT2D eigenvalue weighted by Gasteiger charge is 2.35. The van der Waals surface area contributed by atoms with Gasteiger partial charge in [-0.15, -0.1) is 0 Å². The van der Waals surface area contributed by atoms with E-state index in [1.165, 1.54) is 19.3 Å². The molecule has 6 heteroatoms. The van der Waals surface area contributed by atoms with Crippen molar-refractivity contribution in [2.24, 2.45) is 11.8 Å². The van der Waals surface area contributed by atoms with Crippen molar-refractivity contribution < 1.29 is 24.2 Å². The highest BCUT2D eigenvalue weighted by Crippen LogP contribution is 2.33. The zero-order valence-corrected chi connectivity index (χ0v) is 16.8. The molecule has 1 fully saturated rings. The minimum absolute atomic E-state index is 0.0861. The van der Waals surface area contributed by atoms with Crippen LogP contribution in [-0.2, 0) is 19.1 Å². The first-order valence-corrected chi connectivity index (χ1v) is 10.1. The first kappa shape index (κ1) is 22.9. The fourth-order valence-corrected chi connectivity index (χ4v) is 3.61. The summed E-state index contributed by atoms with van der Waals surface area (Å²) in [5.41, 5.74) is 0. The second kappa shape index (κ2) is 12.3. The van der Waals surface area contributed by atoms with Crippen molar-refractivity contribution in [3.8, 4) is 0 Å². The van der Waals surface area contributed by atoms with Gasteiger partial charge in [-0.2, -0.15) is 0 Å². The molecule has 0 spiro atoms. The van der Waals surface area contributed by atoms with Crippen molar-refractivity contribution >= 4 is 12.4 Å². The third-order valence-electron chi connectivity index (χ3n) is 4.93. The Morgan fingerprint density at radius 2 is 2.04 bits per heavy atom. The quantitative estimate of drug-likeness (QED) is 0.295. The molecule has 1 aliphatic heterocycles. The Balaban J connectivity index is 2.48. The van der Waals surface area contributed by atoms with Crippen molar-refractivity contribution in [1.29, 1.82) is 0 Å². The van der Waals surface area contributed by atoms with E-state index in [1.807, 2.05) is 20.8 Å². The van der Waals surface area contributed by atoms with Crippen LogP contribution in [0.2, 0.25) is 0 Å². The van der Waals surface area contributed by atoms with E-state index in [-0.39, 0.29) is 18.1 Å². The molecule has 5 atom stereocenters. The summed E-state index contributed by atoms with van der Waals surface area (Å²) in [6.45, 7) is 8.01. The third kappa shape index (κ3) is 8.49. The molecule has 0 aromatic heterocycles. The van der Waals surface area contributed by atoms with Gasteiger partial charge < -0.3 is 19.9 Å². The normalized spacial score (nSPS) is 25.1. The summed E-state index contributed by atoms with van der Waals surface area (Å²) in [4.78, 5) is 23.0. The van der Waals surface area contributed by atoms with Crippen LogP contribution in [-0.4, -0.2) is 42.0 Å². The summed E-state index contributed by atoms with van der Waals surface area (Å²) in [6.07, 6.45) is 6.99. The first-order chi connectivity index (χ1) is 12.4. The van der Waals surface area contributed by atoms with Crippen LogP contribution in [0, 0.1) is 11.8 Å². The van der Waals surface area contributed by atoms with Crippen LogP contribution in [0.15, 0.2) is 0 Å². The molecule has 26 heavy (non-hydrogen) atoms. The van der Waals surface area contributed by atoms with Crippen molar-refractivity contribution in [3.63, 3.8) is 0 Å². The predicted molar refractivity (Wildman–Crippen MR) is 100 cm³/mol. The van der Waals surface area contributed by atoms with Gasteiger partial charge in [0.2, 0.25) is 6.41 Å². The Bertz CT molecular complexity index is 415. The molecule has 0 aromatic rings. The summed E-state index contributed by atoms with van der Waals surface area (Å²) in [6, 6.07) is -0.616. The van der Waals surface area contributed by atoms with Crippen LogP contribution in [0.5, 0.6) is 0 Å². The summed E-state index contributed by atoms with van der Waals surface area (Å²) in [7, 11) is 0. The van der Waals surface area contributed by atoms with Crippen molar-refractivity contribution in [2.45, 2.75) is 104 Å². The molecule has 1 amide bonds. The fourth-order valence-electron chi connectivity index (χ4n) is 3.61. The Morgan fingerprint density at radius 1 is 1.31 bits per heavy atom. The summed E-state index contributed by atoms with van der Waals surface area (Å²) < 4.78 is 11.2. The second-order valence-corrected chi connectivity index (χ2v) is 7.92. The number of unbranched alkanes of at least 4 members (excludes halogenated alkanes) is 3. The molecule has 3 unspecified atom stereocenters. The van der Waals surface area contributed by atoms with E-state index in [0.717, 1.165) is 12.8 Å². The van der Waals surface area contributed by atoms with Gasteiger partial charge in [0.15, 0.2) is 6.29 Å². The van der Waals surface area contributed by atoms with Crippen molar-refractivity contribution in [2.75, 3.05) is 0 Å². The van der Waals surface area contributed by atoms with Crippen LogP contribution in [0.4, 0.5) is 0 Å². The maximum absolute atomic E-state index is 12.3. The van der Waals surface area contributed by atoms with E-state index in [1.54, 1.807) is 0 Å². The standard InChI is InChI=1S/C20H37NO5/c1-5-6-7-8-9-16-12-19(23)26-18(16)11-15(4)25-20(24)17(21-13-22)10-14(2)3/h13-19,23H,5-12H2,1-4H3,(H,21,22)/t15?,16-,17?,18?,19-/m1/s1. The van der Waals surface area contributed by atoms with Gasteiger partial charge in [-0.3, -0.25) is 4.79 Å². The van der Waals surface area contributed by atoms with E-state index in [0.29, 0.717) is 31.6 Å². The molecule has 1 saturated heterocycles. The average molecular weight is 372 g/mol. The van der Waals surface area contributed by atoms with E-state index in [4.69, 9.17) is 9.47 Å². The molecule has 2 N–H and O–H groups in total. The molecule has 1 aliphatic rings. The number of hydrogen-bond donors (Lipinski definition) is 2. The highest BCUT2D eigenvalue weighted by atomic mass is 16.6. The van der Waals surface area contributed by atoms with E-state index in [9.17, 15) is 14.7 Å². The first-order valence-electron chi connectivity index (χ1n) is 10.1. The highest BCUT2D eigenvalue weighted by molar-refractivity contribution is 5.78. The molecule has 0 aromatic carbocycles. The van der Waals surface area contributed by atoms with Gasteiger partial charge in [-0.25, -0.2) is 4.79 Å². The second-order valence-electron chi connectivity index (χ2n) is 7.92. The maximum Gasteiger partial charge on any atom is 0.328 e. The van der Waals surface area contributed by atoms with Gasteiger partial charge in [0, 0.05) is 12.8 Å². The van der Waals surface area contributed by atoms with Crippen LogP contribution in [0.1, 0.15) is 79.1 Å². The molecule has 0 radical (unpaired) electrons. The fraction of sp³-hybridized carbons (Fsp3) is 0.900. The smallest absolute Gasteiger partial charge is 0.328 e. The van der Waals surface area contributed by atoms with Crippen LogP contribution < -0.4 is 5.32 Å². The monoisotopic (exact) mass is 371 g/mol. The predicted octanol–water partition coefficient (Wildman–Crippen LogP) is 3.16. The number of aliphatic hydroxyl groups is 1. The molecule has 0 aliphatic carbocycles. The number of amides is 1. The number of carbonyl (C=O) groups is 2. The van der Waals surface area contributed by atoms with Gasteiger partial charge in [0.05, 0.1) is 6.10 Å². The zero-order valence-electron chi connectivity index (χ0n) is 16.8. The number of hydrogen-bond acceptors (Lipinski definition) is 5. The topological polar surface area (TPSA) is 84.9 Å². The van der Waals surface area contributed by atoms with E-state index < -0.39 is 18.3 Å².